The average molecular weight is 549 g/mol. The number of amides is 1. The Bertz CT molecular complexity index is 1190. The molecule has 10 heteroatoms. The Morgan fingerprint density at radius 2 is 1.61 bits per heavy atom. The summed E-state index contributed by atoms with van der Waals surface area (Å²) >= 11 is 0. The fourth-order valence-corrected chi connectivity index (χ4v) is 7.11. The number of ether oxygens (including phenoxy) is 1. The van der Waals surface area contributed by atoms with Crippen molar-refractivity contribution in [1.82, 2.24) is 4.31 Å². The summed E-state index contributed by atoms with van der Waals surface area (Å²) in [6, 6.07) is 15.6. The van der Waals surface area contributed by atoms with Crippen molar-refractivity contribution in [1.29, 1.82) is 0 Å². The molecule has 1 aliphatic heterocycles. The normalized spacial score (nSPS) is 16.4. The standard InChI is InChI=1S/C26H40N2O5SSi2/c1-26(2,3)36(7,8)33-22-14-15-23(24(18-22)32-20-21-12-10-9-11-13-21)28-19-25(29)27(34(28,30)31)16-17-35(4,5)6/h9-15,18H,16-17,19-20H2,1-8H3. The molecule has 0 aromatic heterocycles. The van der Waals surface area contributed by atoms with E-state index in [1.807, 2.05) is 30.3 Å². The second kappa shape index (κ2) is 10.2. The van der Waals surface area contributed by atoms with Crippen LogP contribution >= 0.6 is 0 Å². The Kier molecular flexibility index (Phi) is 8.02. The molecule has 1 aliphatic rings. The van der Waals surface area contributed by atoms with Crippen LogP contribution in [0.3, 0.4) is 0 Å². The molecule has 1 heterocycles. The number of hydrogen-bond donors (Lipinski definition) is 0. The molecule has 3 rings (SSSR count). The van der Waals surface area contributed by atoms with Gasteiger partial charge < -0.3 is 9.16 Å². The molecule has 0 atom stereocenters. The molecule has 1 amide bonds. The van der Waals surface area contributed by atoms with Gasteiger partial charge in [-0.25, -0.2) is 8.61 Å². The van der Waals surface area contributed by atoms with E-state index in [0.29, 0.717) is 23.2 Å². The smallest absolute Gasteiger partial charge is 0.329 e. The third kappa shape index (κ3) is 6.52. The fraction of sp³-hybridized carbons (Fsp3) is 0.500. The maximum atomic E-state index is 13.5. The molecule has 0 saturated carbocycles. The maximum Gasteiger partial charge on any atom is 0.329 e. The van der Waals surface area contributed by atoms with Crippen molar-refractivity contribution in [3.8, 4) is 11.5 Å². The number of hydrogen-bond acceptors (Lipinski definition) is 5. The van der Waals surface area contributed by atoms with Crippen molar-refractivity contribution in [3.05, 3.63) is 54.1 Å². The first kappa shape index (κ1) is 28.3. The van der Waals surface area contributed by atoms with Crippen molar-refractivity contribution < 1.29 is 22.4 Å². The summed E-state index contributed by atoms with van der Waals surface area (Å²) in [6.45, 7) is 17.5. The lowest BCUT2D eigenvalue weighted by Gasteiger charge is -2.36. The Hall–Kier alpha value is -2.31. The van der Waals surface area contributed by atoms with E-state index in [1.165, 1.54) is 0 Å². The summed E-state index contributed by atoms with van der Waals surface area (Å²) < 4.78 is 41.7. The third-order valence-corrected chi connectivity index (χ3v) is 14.7. The minimum atomic E-state index is -4.00. The Balaban J connectivity index is 1.97. The van der Waals surface area contributed by atoms with Gasteiger partial charge in [-0.2, -0.15) is 8.42 Å². The largest absolute Gasteiger partial charge is 0.543 e. The highest BCUT2D eigenvalue weighted by molar-refractivity contribution is 7.91. The SMILES string of the molecule is CC(C)(C)[Si](C)(C)Oc1ccc(N2CC(=O)N(CC[Si](C)(C)C)S2(=O)=O)c(OCc2ccccc2)c1. The number of carbonyl (C=O) groups is 1. The zero-order chi connectivity index (χ0) is 26.9. The van der Waals surface area contributed by atoms with Gasteiger partial charge in [0.1, 0.15) is 24.7 Å². The summed E-state index contributed by atoms with van der Waals surface area (Å²) in [5.74, 6) is 0.592. The van der Waals surface area contributed by atoms with Crippen LogP contribution in [-0.2, 0) is 21.6 Å². The first-order valence-electron chi connectivity index (χ1n) is 12.3. The van der Waals surface area contributed by atoms with Gasteiger partial charge in [-0.15, -0.1) is 0 Å². The van der Waals surface area contributed by atoms with Gasteiger partial charge in [-0.3, -0.25) is 4.79 Å². The van der Waals surface area contributed by atoms with Gasteiger partial charge in [0.2, 0.25) is 8.32 Å². The predicted molar refractivity (Wildman–Crippen MR) is 151 cm³/mol. The summed E-state index contributed by atoms with van der Waals surface area (Å²) in [4.78, 5) is 12.8. The van der Waals surface area contributed by atoms with E-state index in [4.69, 9.17) is 9.16 Å². The van der Waals surface area contributed by atoms with Crippen molar-refractivity contribution in [2.45, 2.75) is 71.2 Å². The van der Waals surface area contributed by atoms with Gasteiger partial charge >= 0.3 is 10.2 Å². The van der Waals surface area contributed by atoms with E-state index in [1.54, 1.807) is 18.2 Å². The van der Waals surface area contributed by atoms with Crippen LogP contribution in [0, 0.1) is 0 Å². The van der Waals surface area contributed by atoms with E-state index in [0.717, 1.165) is 14.2 Å². The molecular weight excluding hydrogens is 509 g/mol. The van der Waals surface area contributed by atoms with Gasteiger partial charge in [0, 0.05) is 20.7 Å². The van der Waals surface area contributed by atoms with Crippen molar-refractivity contribution in [3.63, 3.8) is 0 Å². The van der Waals surface area contributed by atoms with Gasteiger partial charge in [-0.05, 0) is 41.9 Å². The molecule has 2 aromatic carbocycles. The second-order valence-electron chi connectivity index (χ2n) is 12.1. The van der Waals surface area contributed by atoms with Gasteiger partial charge in [0.25, 0.3) is 5.91 Å². The molecule has 0 radical (unpaired) electrons. The lowest BCUT2D eigenvalue weighted by Crippen LogP contribution is -2.43. The number of anilines is 1. The Morgan fingerprint density at radius 3 is 2.19 bits per heavy atom. The molecular formula is C26H40N2O5SSi2. The third-order valence-electron chi connectivity index (χ3n) is 6.80. The number of rotatable bonds is 9. The fourth-order valence-electron chi connectivity index (χ4n) is 3.48. The van der Waals surface area contributed by atoms with E-state index in [9.17, 15) is 13.2 Å². The van der Waals surface area contributed by atoms with Crippen LogP contribution in [0.4, 0.5) is 5.69 Å². The molecule has 0 bridgehead atoms. The van der Waals surface area contributed by atoms with Crippen LogP contribution in [0.5, 0.6) is 11.5 Å². The monoisotopic (exact) mass is 548 g/mol. The summed E-state index contributed by atoms with van der Waals surface area (Å²) in [7, 11) is -7.67. The molecule has 0 N–H and O–H groups in total. The van der Waals surface area contributed by atoms with Gasteiger partial charge in [-0.1, -0.05) is 70.7 Å². The van der Waals surface area contributed by atoms with E-state index in [-0.39, 0.29) is 24.7 Å². The van der Waals surface area contributed by atoms with Crippen LogP contribution in [0.2, 0.25) is 43.8 Å². The molecule has 36 heavy (non-hydrogen) atoms. The summed E-state index contributed by atoms with van der Waals surface area (Å²) in [5, 5.41) is -0.00168. The van der Waals surface area contributed by atoms with Crippen LogP contribution in [0.15, 0.2) is 48.5 Å². The molecule has 0 unspecified atom stereocenters. The van der Waals surface area contributed by atoms with Crippen molar-refractivity contribution in [2.75, 3.05) is 17.4 Å². The van der Waals surface area contributed by atoms with E-state index in [2.05, 4.69) is 53.5 Å². The van der Waals surface area contributed by atoms with Gasteiger partial charge in [0.05, 0.1) is 5.69 Å². The highest BCUT2D eigenvalue weighted by Crippen LogP contribution is 2.41. The number of benzene rings is 2. The topological polar surface area (TPSA) is 76.2 Å². The summed E-state index contributed by atoms with van der Waals surface area (Å²) in [5.41, 5.74) is 1.30. The lowest BCUT2D eigenvalue weighted by atomic mass is 10.2. The van der Waals surface area contributed by atoms with Crippen LogP contribution < -0.4 is 13.5 Å². The molecule has 198 valence electrons. The molecule has 2 aromatic rings. The zero-order valence-electron chi connectivity index (χ0n) is 22.8. The lowest BCUT2D eigenvalue weighted by molar-refractivity contribution is -0.123. The highest BCUT2D eigenvalue weighted by Gasteiger charge is 2.44. The summed E-state index contributed by atoms with van der Waals surface area (Å²) in [6.07, 6.45) is 0. The molecule has 1 fully saturated rings. The Morgan fingerprint density at radius 1 is 0.972 bits per heavy atom. The van der Waals surface area contributed by atoms with Crippen molar-refractivity contribution >= 4 is 38.2 Å². The van der Waals surface area contributed by atoms with Crippen LogP contribution in [0.1, 0.15) is 26.3 Å². The average Bonchev–Trinajstić information content (AvgIpc) is 2.98. The Labute approximate surface area is 218 Å². The minimum absolute atomic E-state index is 0.00168. The zero-order valence-corrected chi connectivity index (χ0v) is 25.6. The van der Waals surface area contributed by atoms with Gasteiger partial charge in [0.15, 0.2) is 0 Å². The molecule has 1 saturated heterocycles. The molecule has 7 nitrogen and oxygen atoms in total. The first-order chi connectivity index (χ1) is 16.5. The highest BCUT2D eigenvalue weighted by atomic mass is 32.2. The quantitative estimate of drug-likeness (QED) is 0.366. The maximum absolute atomic E-state index is 13.5. The number of nitrogens with zero attached hydrogens (tertiary/aromatic N) is 2. The van der Waals surface area contributed by atoms with Crippen LogP contribution in [-0.4, -0.2) is 48.1 Å². The predicted octanol–water partition coefficient (Wildman–Crippen LogP) is 5.88. The molecule has 0 spiro atoms. The minimum Gasteiger partial charge on any atom is -0.543 e. The van der Waals surface area contributed by atoms with E-state index >= 15 is 0 Å². The van der Waals surface area contributed by atoms with Crippen molar-refractivity contribution in [2.24, 2.45) is 0 Å². The number of carbonyl (C=O) groups excluding carboxylic acids is 1. The second-order valence-corrected chi connectivity index (χ2v) is 24.2. The van der Waals surface area contributed by atoms with E-state index < -0.39 is 32.5 Å². The molecule has 0 aliphatic carbocycles. The van der Waals surface area contributed by atoms with Crippen LogP contribution in [0.25, 0.3) is 0 Å². The first-order valence-corrected chi connectivity index (χ1v) is 20.4.